The van der Waals surface area contributed by atoms with E-state index in [2.05, 4.69) is 0 Å². The summed E-state index contributed by atoms with van der Waals surface area (Å²) in [5, 5.41) is 0. The summed E-state index contributed by atoms with van der Waals surface area (Å²) >= 11 is 0. The minimum atomic E-state index is -4.30. The van der Waals surface area contributed by atoms with E-state index in [0.29, 0.717) is 6.42 Å². The Balaban J connectivity index is 2.76. The van der Waals surface area contributed by atoms with Crippen LogP contribution in [0.2, 0.25) is 0 Å². The summed E-state index contributed by atoms with van der Waals surface area (Å²) < 4.78 is 36.8. The second kappa shape index (κ2) is 4.68. The molecule has 0 aromatic heterocycles. The molecule has 0 saturated heterocycles. The molecule has 0 amide bonds. The van der Waals surface area contributed by atoms with Crippen molar-refractivity contribution in [3.05, 3.63) is 35.4 Å². The molecule has 0 aliphatic carbocycles. The van der Waals surface area contributed by atoms with Crippen LogP contribution in [0.3, 0.4) is 0 Å². The van der Waals surface area contributed by atoms with Crippen LogP contribution in [-0.4, -0.2) is 5.78 Å². The van der Waals surface area contributed by atoms with Gasteiger partial charge in [0.1, 0.15) is 5.78 Å². The number of hydrogen-bond acceptors (Lipinski definition) is 1. The summed E-state index contributed by atoms with van der Waals surface area (Å²) in [4.78, 5) is 11.0. The number of carbonyl (C=O) groups is 1. The molecular weight excluding hydrogens is 217 g/mol. The van der Waals surface area contributed by atoms with Gasteiger partial charge in [0.05, 0.1) is 5.56 Å². The Morgan fingerprint density at radius 1 is 1.25 bits per heavy atom. The molecule has 0 radical (unpaired) electrons. The molecule has 0 aliphatic rings. The van der Waals surface area contributed by atoms with Gasteiger partial charge in [0, 0.05) is 5.92 Å². The first kappa shape index (κ1) is 12.7. The van der Waals surface area contributed by atoms with Crippen molar-refractivity contribution in [2.45, 2.75) is 26.4 Å². The van der Waals surface area contributed by atoms with Crippen molar-refractivity contribution in [3.63, 3.8) is 0 Å². The van der Waals surface area contributed by atoms with E-state index in [1.807, 2.05) is 0 Å². The Hall–Kier alpha value is -1.32. The summed E-state index contributed by atoms with van der Waals surface area (Å²) in [6.07, 6.45) is -3.82. The van der Waals surface area contributed by atoms with Crippen LogP contribution in [0.1, 0.15) is 25.0 Å². The van der Waals surface area contributed by atoms with Crippen molar-refractivity contribution in [2.75, 3.05) is 0 Å². The van der Waals surface area contributed by atoms with Crippen LogP contribution < -0.4 is 0 Å². The van der Waals surface area contributed by atoms with Gasteiger partial charge in [-0.2, -0.15) is 13.2 Å². The van der Waals surface area contributed by atoms with E-state index in [-0.39, 0.29) is 11.7 Å². The maximum Gasteiger partial charge on any atom is 0.416 e. The third kappa shape index (κ3) is 3.36. The number of carbonyl (C=O) groups excluding carboxylic acids is 1. The molecule has 0 N–H and O–H groups in total. The van der Waals surface area contributed by atoms with Crippen LogP contribution in [0.25, 0.3) is 0 Å². The van der Waals surface area contributed by atoms with Crippen molar-refractivity contribution in [3.8, 4) is 0 Å². The Bertz CT molecular complexity index is 365. The maximum absolute atomic E-state index is 12.3. The molecule has 1 aromatic carbocycles. The van der Waals surface area contributed by atoms with E-state index in [1.54, 1.807) is 6.92 Å². The zero-order chi connectivity index (χ0) is 12.3. The molecule has 4 heteroatoms. The molecule has 16 heavy (non-hydrogen) atoms. The average molecular weight is 230 g/mol. The zero-order valence-electron chi connectivity index (χ0n) is 9.14. The molecule has 1 rings (SSSR count). The molecule has 1 aromatic rings. The number of alkyl halides is 3. The van der Waals surface area contributed by atoms with Crippen LogP contribution in [0.5, 0.6) is 0 Å². The van der Waals surface area contributed by atoms with Gasteiger partial charge in [0.2, 0.25) is 0 Å². The topological polar surface area (TPSA) is 17.1 Å². The van der Waals surface area contributed by atoms with Gasteiger partial charge in [-0.15, -0.1) is 0 Å². The van der Waals surface area contributed by atoms with Crippen molar-refractivity contribution in [1.29, 1.82) is 0 Å². The molecule has 0 spiro atoms. The van der Waals surface area contributed by atoms with Crippen molar-refractivity contribution >= 4 is 5.78 Å². The maximum atomic E-state index is 12.3. The van der Waals surface area contributed by atoms with Crippen LogP contribution in [0, 0.1) is 5.92 Å². The van der Waals surface area contributed by atoms with E-state index in [9.17, 15) is 18.0 Å². The monoisotopic (exact) mass is 230 g/mol. The van der Waals surface area contributed by atoms with Gasteiger partial charge in [-0.25, -0.2) is 0 Å². The molecule has 0 fully saturated rings. The number of halogens is 3. The largest absolute Gasteiger partial charge is 0.416 e. The fourth-order valence-electron chi connectivity index (χ4n) is 1.33. The van der Waals surface area contributed by atoms with Gasteiger partial charge < -0.3 is 0 Å². The third-order valence-electron chi connectivity index (χ3n) is 2.52. The van der Waals surface area contributed by atoms with Gasteiger partial charge in [-0.3, -0.25) is 4.79 Å². The Kier molecular flexibility index (Phi) is 3.73. The summed E-state index contributed by atoms with van der Waals surface area (Å²) in [5.74, 6) is -0.114. The highest BCUT2D eigenvalue weighted by molar-refractivity contribution is 5.78. The SMILES string of the molecule is CC(=O)C(C)Cc1ccc(C(F)(F)F)cc1. The lowest BCUT2D eigenvalue weighted by Gasteiger charge is -2.09. The molecule has 0 bridgehead atoms. The Morgan fingerprint density at radius 3 is 2.12 bits per heavy atom. The molecule has 0 aliphatic heterocycles. The van der Waals surface area contributed by atoms with Gasteiger partial charge in [0.15, 0.2) is 0 Å². The molecule has 1 unspecified atom stereocenters. The van der Waals surface area contributed by atoms with Crippen LogP contribution in [-0.2, 0) is 17.4 Å². The first-order chi connectivity index (χ1) is 7.30. The lowest BCUT2D eigenvalue weighted by Crippen LogP contribution is -2.10. The Labute approximate surface area is 92.3 Å². The molecule has 0 saturated carbocycles. The first-order valence-electron chi connectivity index (χ1n) is 4.97. The van der Waals surface area contributed by atoms with E-state index in [4.69, 9.17) is 0 Å². The van der Waals surface area contributed by atoms with Crippen molar-refractivity contribution in [2.24, 2.45) is 5.92 Å². The predicted molar refractivity (Wildman–Crippen MR) is 55.0 cm³/mol. The average Bonchev–Trinajstić information content (AvgIpc) is 2.17. The highest BCUT2D eigenvalue weighted by Gasteiger charge is 2.29. The fraction of sp³-hybridized carbons (Fsp3) is 0.417. The third-order valence-corrected chi connectivity index (χ3v) is 2.52. The Morgan fingerprint density at radius 2 is 1.75 bits per heavy atom. The molecule has 88 valence electrons. The van der Waals surface area contributed by atoms with Crippen LogP contribution in [0.4, 0.5) is 13.2 Å². The van der Waals surface area contributed by atoms with Crippen molar-refractivity contribution in [1.82, 2.24) is 0 Å². The van der Waals surface area contributed by atoms with E-state index >= 15 is 0 Å². The normalized spacial score (nSPS) is 13.6. The fourth-order valence-corrected chi connectivity index (χ4v) is 1.33. The van der Waals surface area contributed by atoms with Gasteiger partial charge in [-0.05, 0) is 31.0 Å². The highest BCUT2D eigenvalue weighted by atomic mass is 19.4. The zero-order valence-corrected chi connectivity index (χ0v) is 9.14. The van der Waals surface area contributed by atoms with Gasteiger partial charge in [-0.1, -0.05) is 19.1 Å². The van der Waals surface area contributed by atoms with E-state index in [1.165, 1.54) is 19.1 Å². The number of hydrogen-bond donors (Lipinski definition) is 0. The summed E-state index contributed by atoms with van der Waals surface area (Å²) in [6, 6.07) is 4.93. The lowest BCUT2D eigenvalue weighted by atomic mass is 9.97. The van der Waals surface area contributed by atoms with Crippen LogP contribution in [0.15, 0.2) is 24.3 Å². The summed E-state index contributed by atoms with van der Waals surface area (Å²) in [7, 11) is 0. The first-order valence-corrected chi connectivity index (χ1v) is 4.97. The minimum Gasteiger partial charge on any atom is -0.300 e. The highest BCUT2D eigenvalue weighted by Crippen LogP contribution is 2.29. The standard InChI is InChI=1S/C12H13F3O/c1-8(9(2)16)7-10-3-5-11(6-4-10)12(13,14)15/h3-6,8H,7H2,1-2H3. The predicted octanol–water partition coefficient (Wildman–Crippen LogP) is 3.47. The van der Waals surface area contributed by atoms with E-state index in [0.717, 1.165) is 17.7 Å². The molecular formula is C12H13F3O. The number of rotatable bonds is 3. The second-order valence-electron chi connectivity index (χ2n) is 3.91. The molecule has 0 heterocycles. The van der Waals surface area contributed by atoms with Crippen molar-refractivity contribution < 1.29 is 18.0 Å². The summed E-state index contributed by atoms with van der Waals surface area (Å²) in [6.45, 7) is 3.24. The number of Topliss-reactive ketones (excluding diaryl/α,β-unsaturated/α-hetero) is 1. The molecule has 1 atom stereocenters. The smallest absolute Gasteiger partial charge is 0.300 e. The van der Waals surface area contributed by atoms with Crippen LogP contribution >= 0.6 is 0 Å². The lowest BCUT2D eigenvalue weighted by molar-refractivity contribution is -0.137. The summed E-state index contributed by atoms with van der Waals surface area (Å²) in [5.41, 5.74) is 0.0856. The number of benzene rings is 1. The quantitative estimate of drug-likeness (QED) is 0.777. The minimum absolute atomic E-state index is 0.0416. The number of ketones is 1. The van der Waals surface area contributed by atoms with Gasteiger partial charge in [0.25, 0.3) is 0 Å². The second-order valence-corrected chi connectivity index (χ2v) is 3.91. The van der Waals surface area contributed by atoms with Gasteiger partial charge >= 0.3 is 6.18 Å². The van der Waals surface area contributed by atoms with E-state index < -0.39 is 11.7 Å². The molecule has 1 nitrogen and oxygen atoms in total.